The number of nitrogens with one attached hydrogen (secondary N) is 1. The fraction of sp³-hybridized carbons (Fsp3) is 0.533. The lowest BCUT2D eigenvalue weighted by Crippen LogP contribution is -2.48. The van der Waals surface area contributed by atoms with Crippen molar-refractivity contribution in [1.82, 2.24) is 10.2 Å². The summed E-state index contributed by atoms with van der Waals surface area (Å²) >= 11 is 0. The van der Waals surface area contributed by atoms with Gasteiger partial charge in [0.2, 0.25) is 0 Å². The zero-order chi connectivity index (χ0) is 13.5. The van der Waals surface area contributed by atoms with Crippen molar-refractivity contribution in [2.45, 2.75) is 32.4 Å². The molecule has 0 saturated carbocycles. The Kier molecular flexibility index (Phi) is 5.21. The second kappa shape index (κ2) is 7.14. The van der Waals surface area contributed by atoms with Crippen molar-refractivity contribution in [2.24, 2.45) is 0 Å². The number of carbonyl (C=O) groups is 1. The summed E-state index contributed by atoms with van der Waals surface area (Å²) in [5.74, 6) is 0. The highest BCUT2D eigenvalue weighted by molar-refractivity contribution is 5.68. The molecule has 0 aliphatic carbocycles. The predicted octanol–water partition coefficient (Wildman–Crippen LogP) is 2.40. The fourth-order valence-electron chi connectivity index (χ4n) is 2.44. The largest absolute Gasteiger partial charge is 0.445 e. The summed E-state index contributed by atoms with van der Waals surface area (Å²) in [4.78, 5) is 14.0. The Morgan fingerprint density at radius 3 is 2.84 bits per heavy atom. The molecule has 1 heterocycles. The van der Waals surface area contributed by atoms with E-state index in [0.717, 1.165) is 31.5 Å². The van der Waals surface area contributed by atoms with E-state index < -0.39 is 0 Å². The molecular formula is C15H22N2O2. The van der Waals surface area contributed by atoms with Crippen LogP contribution in [-0.4, -0.2) is 36.7 Å². The molecule has 0 spiro atoms. The van der Waals surface area contributed by atoms with Gasteiger partial charge in [-0.3, -0.25) is 0 Å². The van der Waals surface area contributed by atoms with E-state index in [1.54, 1.807) is 0 Å². The summed E-state index contributed by atoms with van der Waals surface area (Å²) in [5, 5.41) is 3.33. The molecule has 104 valence electrons. The molecule has 0 radical (unpaired) electrons. The summed E-state index contributed by atoms with van der Waals surface area (Å²) < 4.78 is 5.39. The summed E-state index contributed by atoms with van der Waals surface area (Å²) in [6.45, 7) is 4.95. The van der Waals surface area contributed by atoms with E-state index >= 15 is 0 Å². The molecule has 1 aromatic rings. The number of benzene rings is 1. The molecule has 1 fully saturated rings. The monoisotopic (exact) mass is 262 g/mol. The van der Waals surface area contributed by atoms with Crippen LogP contribution in [0.5, 0.6) is 0 Å². The van der Waals surface area contributed by atoms with Crippen LogP contribution < -0.4 is 5.32 Å². The van der Waals surface area contributed by atoms with Gasteiger partial charge in [-0.25, -0.2) is 4.79 Å². The highest BCUT2D eigenvalue weighted by atomic mass is 16.6. The molecule has 4 nitrogen and oxygen atoms in total. The van der Waals surface area contributed by atoms with Gasteiger partial charge in [0, 0.05) is 19.1 Å². The third-order valence-electron chi connectivity index (χ3n) is 3.49. The lowest BCUT2D eigenvalue weighted by Gasteiger charge is -2.33. The van der Waals surface area contributed by atoms with Crippen molar-refractivity contribution < 1.29 is 9.53 Å². The highest BCUT2D eigenvalue weighted by Crippen LogP contribution is 2.12. The Morgan fingerprint density at radius 2 is 2.21 bits per heavy atom. The third kappa shape index (κ3) is 3.96. The first kappa shape index (κ1) is 13.9. The van der Waals surface area contributed by atoms with Crippen LogP contribution >= 0.6 is 0 Å². The molecule has 1 unspecified atom stereocenters. The minimum Gasteiger partial charge on any atom is -0.445 e. The van der Waals surface area contributed by atoms with Crippen molar-refractivity contribution >= 4 is 6.09 Å². The number of amides is 1. The standard InChI is InChI=1S/C15H22N2O2/c1-2-17(14-9-6-10-16-11-14)15(18)19-12-13-7-4-3-5-8-13/h3-5,7-8,14,16H,2,6,9-12H2,1H3. The van der Waals surface area contributed by atoms with E-state index in [1.165, 1.54) is 0 Å². The van der Waals surface area contributed by atoms with Gasteiger partial charge in [0.15, 0.2) is 0 Å². The molecule has 2 rings (SSSR count). The first-order valence-electron chi connectivity index (χ1n) is 6.99. The summed E-state index contributed by atoms with van der Waals surface area (Å²) in [6, 6.07) is 10.0. The van der Waals surface area contributed by atoms with Gasteiger partial charge in [-0.05, 0) is 31.9 Å². The number of piperidine rings is 1. The third-order valence-corrected chi connectivity index (χ3v) is 3.49. The van der Waals surface area contributed by atoms with Crippen molar-refractivity contribution in [3.05, 3.63) is 35.9 Å². The number of rotatable bonds is 4. The van der Waals surface area contributed by atoms with E-state index in [0.29, 0.717) is 13.2 Å². The Morgan fingerprint density at radius 1 is 1.42 bits per heavy atom. The molecule has 1 aliphatic rings. The van der Waals surface area contributed by atoms with Gasteiger partial charge in [-0.2, -0.15) is 0 Å². The van der Waals surface area contributed by atoms with Crippen LogP contribution in [0.15, 0.2) is 30.3 Å². The molecule has 1 saturated heterocycles. The fourth-order valence-corrected chi connectivity index (χ4v) is 2.44. The minimum atomic E-state index is -0.208. The van der Waals surface area contributed by atoms with Crippen molar-refractivity contribution in [1.29, 1.82) is 0 Å². The van der Waals surface area contributed by atoms with Gasteiger partial charge in [-0.15, -0.1) is 0 Å². The van der Waals surface area contributed by atoms with Gasteiger partial charge < -0.3 is 15.0 Å². The van der Waals surface area contributed by atoms with Crippen LogP contribution in [-0.2, 0) is 11.3 Å². The molecule has 1 amide bonds. The Balaban J connectivity index is 1.86. The molecule has 1 N–H and O–H groups in total. The Bertz CT molecular complexity index is 388. The minimum absolute atomic E-state index is 0.208. The van der Waals surface area contributed by atoms with Gasteiger partial charge in [-0.1, -0.05) is 30.3 Å². The lowest BCUT2D eigenvalue weighted by molar-refractivity contribution is 0.0771. The maximum absolute atomic E-state index is 12.1. The molecule has 0 bridgehead atoms. The predicted molar refractivity (Wildman–Crippen MR) is 74.9 cm³/mol. The van der Waals surface area contributed by atoms with Gasteiger partial charge in [0.1, 0.15) is 6.61 Å². The first-order valence-corrected chi connectivity index (χ1v) is 6.99. The van der Waals surface area contributed by atoms with E-state index in [4.69, 9.17) is 4.74 Å². The zero-order valence-corrected chi connectivity index (χ0v) is 11.5. The normalized spacial score (nSPS) is 18.9. The second-order valence-electron chi connectivity index (χ2n) is 4.83. The quantitative estimate of drug-likeness (QED) is 0.906. The number of likely N-dealkylation sites (N-methyl/N-ethyl adjacent to an activating group) is 1. The van der Waals surface area contributed by atoms with Crippen molar-refractivity contribution in [2.75, 3.05) is 19.6 Å². The molecule has 1 atom stereocenters. The zero-order valence-electron chi connectivity index (χ0n) is 11.5. The maximum atomic E-state index is 12.1. The summed E-state index contributed by atoms with van der Waals surface area (Å²) in [6.07, 6.45) is 1.97. The summed E-state index contributed by atoms with van der Waals surface area (Å²) in [7, 11) is 0. The van der Waals surface area contributed by atoms with Gasteiger partial charge in [0.05, 0.1) is 0 Å². The van der Waals surface area contributed by atoms with E-state index in [1.807, 2.05) is 42.2 Å². The van der Waals surface area contributed by atoms with Crippen molar-refractivity contribution in [3.8, 4) is 0 Å². The van der Waals surface area contributed by atoms with Crippen LogP contribution in [0.1, 0.15) is 25.3 Å². The molecule has 19 heavy (non-hydrogen) atoms. The number of nitrogens with zero attached hydrogens (tertiary/aromatic N) is 1. The molecule has 1 aliphatic heterocycles. The topological polar surface area (TPSA) is 41.6 Å². The number of ether oxygens (including phenoxy) is 1. The van der Waals surface area contributed by atoms with Crippen LogP contribution in [0.4, 0.5) is 4.79 Å². The van der Waals surface area contributed by atoms with E-state index in [-0.39, 0.29) is 12.1 Å². The molecule has 1 aromatic carbocycles. The number of hydrogen-bond acceptors (Lipinski definition) is 3. The van der Waals surface area contributed by atoms with Gasteiger partial charge in [0.25, 0.3) is 0 Å². The summed E-state index contributed by atoms with van der Waals surface area (Å²) in [5.41, 5.74) is 1.02. The average molecular weight is 262 g/mol. The Labute approximate surface area is 114 Å². The Hall–Kier alpha value is -1.55. The molecule has 4 heteroatoms. The number of carbonyl (C=O) groups excluding carboxylic acids is 1. The van der Waals surface area contributed by atoms with Crippen LogP contribution in [0.2, 0.25) is 0 Å². The maximum Gasteiger partial charge on any atom is 0.410 e. The van der Waals surface area contributed by atoms with Crippen LogP contribution in [0.25, 0.3) is 0 Å². The van der Waals surface area contributed by atoms with E-state index in [9.17, 15) is 4.79 Å². The SMILES string of the molecule is CCN(C(=O)OCc1ccccc1)C1CCCNC1. The van der Waals surface area contributed by atoms with Crippen LogP contribution in [0, 0.1) is 0 Å². The average Bonchev–Trinajstić information content (AvgIpc) is 2.48. The van der Waals surface area contributed by atoms with Crippen molar-refractivity contribution in [3.63, 3.8) is 0 Å². The molecular weight excluding hydrogens is 240 g/mol. The lowest BCUT2D eigenvalue weighted by atomic mass is 10.1. The highest BCUT2D eigenvalue weighted by Gasteiger charge is 2.24. The smallest absolute Gasteiger partial charge is 0.410 e. The van der Waals surface area contributed by atoms with Gasteiger partial charge >= 0.3 is 6.09 Å². The number of hydrogen-bond donors (Lipinski definition) is 1. The van der Waals surface area contributed by atoms with Crippen LogP contribution in [0.3, 0.4) is 0 Å². The molecule has 0 aromatic heterocycles. The second-order valence-corrected chi connectivity index (χ2v) is 4.83. The van der Waals surface area contributed by atoms with E-state index in [2.05, 4.69) is 5.32 Å². The first-order chi connectivity index (χ1) is 9.31.